The van der Waals surface area contributed by atoms with Gasteiger partial charge in [0, 0.05) is 10.0 Å². The van der Waals surface area contributed by atoms with Gasteiger partial charge in [-0.25, -0.2) is 0 Å². The number of halogens is 1. The van der Waals surface area contributed by atoms with Gasteiger partial charge in [0.05, 0.1) is 0 Å². The molecule has 0 fully saturated rings. The molecule has 0 aliphatic rings. The lowest BCUT2D eigenvalue weighted by Gasteiger charge is -2.06. The summed E-state index contributed by atoms with van der Waals surface area (Å²) in [5, 5.41) is 0. The molecule has 0 bridgehead atoms. The maximum atomic E-state index is 11.9. The van der Waals surface area contributed by atoms with Crippen molar-refractivity contribution in [2.75, 3.05) is 6.61 Å². The maximum absolute atomic E-state index is 11.9. The molecule has 19 heavy (non-hydrogen) atoms. The lowest BCUT2D eigenvalue weighted by Crippen LogP contribution is -2.11. The zero-order valence-electron chi connectivity index (χ0n) is 10.7. The number of ketones is 1. The molecule has 0 radical (unpaired) electrons. The summed E-state index contributed by atoms with van der Waals surface area (Å²) in [4.78, 5) is 11.9. The van der Waals surface area contributed by atoms with Crippen molar-refractivity contribution in [1.29, 1.82) is 0 Å². The van der Waals surface area contributed by atoms with Gasteiger partial charge in [0.25, 0.3) is 0 Å². The van der Waals surface area contributed by atoms with Crippen molar-refractivity contribution in [2.24, 2.45) is 0 Å². The van der Waals surface area contributed by atoms with Gasteiger partial charge in [0.2, 0.25) is 0 Å². The average molecular weight is 319 g/mol. The summed E-state index contributed by atoms with van der Waals surface area (Å²) < 4.78 is 6.45. The fourth-order valence-electron chi connectivity index (χ4n) is 1.69. The number of aryl methyl sites for hydroxylation is 1. The first-order valence-electron chi connectivity index (χ1n) is 6.19. The molecule has 0 saturated carbocycles. The molecule has 3 heteroatoms. The molecule has 0 spiro atoms. The Morgan fingerprint density at radius 3 is 2.26 bits per heavy atom. The van der Waals surface area contributed by atoms with E-state index in [-0.39, 0.29) is 12.4 Å². The van der Waals surface area contributed by atoms with Crippen LogP contribution in [0.3, 0.4) is 0 Å². The van der Waals surface area contributed by atoms with E-state index in [0.717, 1.165) is 16.6 Å². The van der Waals surface area contributed by atoms with Gasteiger partial charge in [0.15, 0.2) is 12.4 Å². The first-order chi connectivity index (χ1) is 9.19. The summed E-state index contributed by atoms with van der Waals surface area (Å²) in [7, 11) is 0. The number of hydrogen-bond acceptors (Lipinski definition) is 2. The second-order valence-electron chi connectivity index (χ2n) is 4.22. The Morgan fingerprint density at radius 2 is 1.68 bits per heavy atom. The van der Waals surface area contributed by atoms with E-state index in [0.29, 0.717) is 5.56 Å². The lowest BCUT2D eigenvalue weighted by molar-refractivity contribution is 0.0921. The number of Topliss-reactive ketones (excluding diaryl/α,β-unsaturated/α-hetero) is 1. The summed E-state index contributed by atoms with van der Waals surface area (Å²) in [6.07, 6.45) is 0.998. The molecular weight excluding hydrogens is 304 g/mol. The molecule has 0 unspecified atom stereocenters. The molecule has 0 saturated heterocycles. The predicted octanol–water partition coefficient (Wildman–Crippen LogP) is 4.27. The zero-order chi connectivity index (χ0) is 13.7. The van der Waals surface area contributed by atoms with Crippen LogP contribution >= 0.6 is 15.9 Å². The van der Waals surface area contributed by atoms with Crippen molar-refractivity contribution in [2.45, 2.75) is 13.3 Å². The molecule has 2 aromatic carbocycles. The standard InChI is InChI=1S/C16H15BrO2/c1-2-12-3-9-15(10-4-12)19-11-16(18)13-5-7-14(17)8-6-13/h3-10H,2,11H2,1H3. The molecule has 98 valence electrons. The highest BCUT2D eigenvalue weighted by Crippen LogP contribution is 2.14. The van der Waals surface area contributed by atoms with Crippen molar-refractivity contribution in [3.8, 4) is 5.75 Å². The molecule has 0 aliphatic heterocycles. The van der Waals surface area contributed by atoms with Crippen molar-refractivity contribution < 1.29 is 9.53 Å². The van der Waals surface area contributed by atoms with Crippen molar-refractivity contribution in [3.63, 3.8) is 0 Å². The normalized spacial score (nSPS) is 10.2. The molecule has 0 aromatic heterocycles. The Bertz CT molecular complexity index is 544. The minimum absolute atomic E-state index is 0.0212. The second kappa shape index (κ2) is 6.53. The number of hydrogen-bond donors (Lipinski definition) is 0. The van der Waals surface area contributed by atoms with E-state index >= 15 is 0 Å². The Kier molecular flexibility index (Phi) is 4.74. The third-order valence-corrected chi connectivity index (χ3v) is 3.40. The highest BCUT2D eigenvalue weighted by Gasteiger charge is 2.06. The molecule has 0 N–H and O–H groups in total. The largest absolute Gasteiger partial charge is 0.485 e. The van der Waals surface area contributed by atoms with Crippen molar-refractivity contribution in [3.05, 3.63) is 64.1 Å². The van der Waals surface area contributed by atoms with Gasteiger partial charge in [-0.2, -0.15) is 0 Å². The number of benzene rings is 2. The SMILES string of the molecule is CCc1ccc(OCC(=O)c2ccc(Br)cc2)cc1. The first kappa shape index (κ1) is 13.8. The molecule has 2 nitrogen and oxygen atoms in total. The van der Waals surface area contributed by atoms with Crippen molar-refractivity contribution in [1.82, 2.24) is 0 Å². The fraction of sp³-hybridized carbons (Fsp3) is 0.188. The number of carbonyl (C=O) groups excluding carboxylic acids is 1. The molecule has 0 amide bonds. The van der Waals surface area contributed by atoms with E-state index in [2.05, 4.69) is 22.9 Å². The highest BCUT2D eigenvalue weighted by atomic mass is 79.9. The van der Waals surface area contributed by atoms with Gasteiger partial charge in [-0.05, 0) is 36.2 Å². The van der Waals surface area contributed by atoms with Crippen LogP contribution in [0.25, 0.3) is 0 Å². The summed E-state index contributed by atoms with van der Waals surface area (Å²) in [5.41, 5.74) is 1.92. The van der Waals surface area contributed by atoms with Crippen LogP contribution in [0, 0.1) is 0 Å². The minimum Gasteiger partial charge on any atom is -0.485 e. The molecule has 0 atom stereocenters. The molecule has 2 aromatic rings. The van der Waals surface area contributed by atoms with Crippen LogP contribution in [0.4, 0.5) is 0 Å². The van der Waals surface area contributed by atoms with Crippen LogP contribution in [0.1, 0.15) is 22.8 Å². The van der Waals surface area contributed by atoms with Gasteiger partial charge in [0.1, 0.15) is 5.75 Å². The molecule has 0 aliphatic carbocycles. The summed E-state index contributed by atoms with van der Waals surface area (Å²) in [6.45, 7) is 2.17. The summed E-state index contributed by atoms with van der Waals surface area (Å²) in [5.74, 6) is 0.703. The zero-order valence-corrected chi connectivity index (χ0v) is 12.3. The Hall–Kier alpha value is -1.61. The Balaban J connectivity index is 1.94. The number of ether oxygens (including phenoxy) is 1. The predicted molar refractivity (Wildman–Crippen MR) is 79.8 cm³/mol. The lowest BCUT2D eigenvalue weighted by atomic mass is 10.1. The van der Waals surface area contributed by atoms with Crippen LogP contribution in [0.15, 0.2) is 53.0 Å². The first-order valence-corrected chi connectivity index (χ1v) is 6.99. The maximum Gasteiger partial charge on any atom is 0.200 e. The molecule has 0 heterocycles. The summed E-state index contributed by atoms with van der Waals surface area (Å²) >= 11 is 3.34. The molecular formula is C16H15BrO2. The summed E-state index contributed by atoms with van der Waals surface area (Å²) in [6, 6.07) is 15.1. The Labute approximate surface area is 121 Å². The van der Waals surface area contributed by atoms with Gasteiger partial charge in [-0.1, -0.05) is 47.1 Å². The van der Waals surface area contributed by atoms with Crippen LogP contribution in [-0.4, -0.2) is 12.4 Å². The quantitative estimate of drug-likeness (QED) is 0.769. The van der Waals surface area contributed by atoms with Gasteiger partial charge >= 0.3 is 0 Å². The van der Waals surface area contributed by atoms with E-state index in [9.17, 15) is 4.79 Å². The third-order valence-electron chi connectivity index (χ3n) is 2.87. The van der Waals surface area contributed by atoms with Crippen molar-refractivity contribution >= 4 is 21.7 Å². The highest BCUT2D eigenvalue weighted by molar-refractivity contribution is 9.10. The van der Waals surface area contributed by atoms with E-state index < -0.39 is 0 Å². The second-order valence-corrected chi connectivity index (χ2v) is 5.13. The smallest absolute Gasteiger partial charge is 0.200 e. The fourth-order valence-corrected chi connectivity index (χ4v) is 1.95. The van der Waals surface area contributed by atoms with Gasteiger partial charge in [-0.15, -0.1) is 0 Å². The van der Waals surface area contributed by atoms with Crippen LogP contribution in [0.2, 0.25) is 0 Å². The third kappa shape index (κ3) is 3.93. The van der Waals surface area contributed by atoms with Crippen LogP contribution in [0.5, 0.6) is 5.75 Å². The number of carbonyl (C=O) groups is 1. The number of rotatable bonds is 5. The minimum atomic E-state index is -0.0212. The average Bonchev–Trinajstić information content (AvgIpc) is 2.46. The van der Waals surface area contributed by atoms with E-state index in [1.807, 2.05) is 36.4 Å². The van der Waals surface area contributed by atoms with Gasteiger partial charge < -0.3 is 4.74 Å². The van der Waals surface area contributed by atoms with Crippen LogP contribution < -0.4 is 4.74 Å². The van der Waals surface area contributed by atoms with E-state index in [1.165, 1.54) is 5.56 Å². The van der Waals surface area contributed by atoms with Gasteiger partial charge in [-0.3, -0.25) is 4.79 Å². The monoisotopic (exact) mass is 318 g/mol. The van der Waals surface area contributed by atoms with E-state index in [1.54, 1.807) is 12.1 Å². The van der Waals surface area contributed by atoms with Crippen LogP contribution in [-0.2, 0) is 6.42 Å². The van der Waals surface area contributed by atoms with E-state index in [4.69, 9.17) is 4.74 Å². The topological polar surface area (TPSA) is 26.3 Å². The molecule has 2 rings (SSSR count). The Morgan fingerprint density at radius 1 is 1.05 bits per heavy atom.